The lowest BCUT2D eigenvalue weighted by Gasteiger charge is -2.38. The first-order valence-electron chi connectivity index (χ1n) is 8.02. The largest absolute Gasteiger partial charge is 0.477 e. The van der Waals surface area contributed by atoms with Gasteiger partial charge in [0.2, 0.25) is 0 Å². The Balaban J connectivity index is 1.87. The molecule has 2 atom stereocenters. The maximum atomic E-state index is 13.0. The van der Waals surface area contributed by atoms with Gasteiger partial charge in [0.25, 0.3) is 0 Å². The Morgan fingerprint density at radius 2 is 1.96 bits per heavy atom. The first kappa shape index (κ1) is 18.2. The highest BCUT2D eigenvalue weighted by atomic mass is 19.4. The van der Waals surface area contributed by atoms with E-state index in [0.29, 0.717) is 17.9 Å². The highest BCUT2D eigenvalue weighted by molar-refractivity contribution is 5.85. The normalized spacial score (nSPS) is 20.8. The van der Waals surface area contributed by atoms with E-state index in [4.69, 9.17) is 9.84 Å². The highest BCUT2D eigenvalue weighted by Crippen LogP contribution is 2.33. The molecule has 138 valence electrons. The van der Waals surface area contributed by atoms with E-state index < -0.39 is 23.8 Å². The van der Waals surface area contributed by atoms with Crippen molar-refractivity contribution in [1.29, 1.82) is 0 Å². The number of benzene rings is 1. The third kappa shape index (κ3) is 3.96. The summed E-state index contributed by atoms with van der Waals surface area (Å²) in [4.78, 5) is 17.0. The van der Waals surface area contributed by atoms with E-state index in [1.807, 2.05) is 11.8 Å². The number of halogens is 3. The molecule has 1 aromatic heterocycles. The summed E-state index contributed by atoms with van der Waals surface area (Å²) in [5.74, 6) is -0.681. The van der Waals surface area contributed by atoms with Gasteiger partial charge in [0, 0.05) is 13.1 Å². The molecule has 0 radical (unpaired) electrons. The van der Waals surface area contributed by atoms with Crippen LogP contribution in [0.25, 0.3) is 0 Å². The maximum Gasteiger partial charge on any atom is 0.416 e. The lowest BCUT2D eigenvalue weighted by Crippen LogP contribution is -2.43. The van der Waals surface area contributed by atoms with E-state index >= 15 is 0 Å². The second-order valence-corrected chi connectivity index (χ2v) is 6.15. The molecule has 2 aromatic rings. The van der Waals surface area contributed by atoms with Crippen molar-refractivity contribution in [1.82, 2.24) is 4.98 Å². The zero-order valence-corrected chi connectivity index (χ0v) is 13.9. The monoisotopic (exact) mass is 366 g/mol. The molecule has 0 saturated carbocycles. The molecule has 1 aromatic carbocycles. The van der Waals surface area contributed by atoms with Crippen LogP contribution in [-0.4, -0.2) is 35.3 Å². The van der Waals surface area contributed by atoms with Gasteiger partial charge in [-0.1, -0.05) is 18.2 Å². The zero-order chi connectivity index (χ0) is 18.9. The number of rotatable bonds is 3. The fourth-order valence-corrected chi connectivity index (χ4v) is 2.96. The van der Waals surface area contributed by atoms with E-state index in [9.17, 15) is 18.0 Å². The second kappa shape index (κ2) is 6.95. The van der Waals surface area contributed by atoms with Gasteiger partial charge in [0.1, 0.15) is 11.9 Å². The topological polar surface area (TPSA) is 62.7 Å². The fourth-order valence-electron chi connectivity index (χ4n) is 2.96. The van der Waals surface area contributed by atoms with Crippen LogP contribution in [0.5, 0.6) is 0 Å². The number of alkyl halides is 3. The number of ether oxygens (including phenoxy) is 1. The number of aromatic carboxylic acids is 1. The van der Waals surface area contributed by atoms with Crippen LogP contribution >= 0.6 is 0 Å². The van der Waals surface area contributed by atoms with E-state index in [0.717, 1.165) is 12.1 Å². The van der Waals surface area contributed by atoms with Crippen molar-refractivity contribution >= 4 is 11.8 Å². The van der Waals surface area contributed by atoms with Crippen molar-refractivity contribution in [2.24, 2.45) is 0 Å². The Morgan fingerprint density at radius 1 is 1.23 bits per heavy atom. The van der Waals surface area contributed by atoms with Gasteiger partial charge in [-0.05, 0) is 36.8 Å². The van der Waals surface area contributed by atoms with E-state index in [2.05, 4.69) is 4.98 Å². The summed E-state index contributed by atoms with van der Waals surface area (Å²) in [7, 11) is 0. The zero-order valence-electron chi connectivity index (χ0n) is 13.9. The number of hydrogen-bond donors (Lipinski definition) is 1. The molecular formula is C18H17F3N2O3. The average molecular weight is 366 g/mol. The third-order valence-electron chi connectivity index (χ3n) is 4.12. The van der Waals surface area contributed by atoms with Crippen LogP contribution in [0.2, 0.25) is 0 Å². The van der Waals surface area contributed by atoms with Gasteiger partial charge < -0.3 is 14.7 Å². The minimum atomic E-state index is -4.42. The van der Waals surface area contributed by atoms with Gasteiger partial charge in [-0.3, -0.25) is 0 Å². The standard InChI is InChI=1S/C18H17F3N2O3/c1-11-9-23(16-7-3-6-14(22-16)17(24)25)10-15(26-11)12-4-2-5-13(8-12)18(19,20)21/h2-8,11,15H,9-10H2,1H3,(H,24,25). The van der Waals surface area contributed by atoms with Crippen LogP contribution in [0.15, 0.2) is 42.5 Å². The highest BCUT2D eigenvalue weighted by Gasteiger charge is 2.33. The van der Waals surface area contributed by atoms with Crippen LogP contribution in [-0.2, 0) is 10.9 Å². The predicted octanol–water partition coefficient (Wildman–Crippen LogP) is 3.77. The molecule has 1 N–H and O–H groups in total. The minimum absolute atomic E-state index is 0.0859. The fraction of sp³-hybridized carbons (Fsp3) is 0.333. The minimum Gasteiger partial charge on any atom is -0.477 e. The number of morpholine rings is 1. The molecular weight excluding hydrogens is 349 g/mol. The van der Waals surface area contributed by atoms with Gasteiger partial charge >= 0.3 is 12.1 Å². The summed E-state index contributed by atoms with van der Waals surface area (Å²) in [6.45, 7) is 2.56. The van der Waals surface area contributed by atoms with Gasteiger partial charge in [-0.2, -0.15) is 13.2 Å². The predicted molar refractivity (Wildman–Crippen MR) is 88.1 cm³/mol. The van der Waals surface area contributed by atoms with Crippen LogP contribution in [0.4, 0.5) is 19.0 Å². The maximum absolute atomic E-state index is 13.0. The summed E-state index contributed by atoms with van der Waals surface area (Å²) in [6, 6.07) is 9.71. The van der Waals surface area contributed by atoms with Gasteiger partial charge in [-0.15, -0.1) is 0 Å². The summed E-state index contributed by atoms with van der Waals surface area (Å²) in [5.41, 5.74) is -0.391. The third-order valence-corrected chi connectivity index (χ3v) is 4.12. The number of nitrogens with zero attached hydrogens (tertiary/aromatic N) is 2. The van der Waals surface area contributed by atoms with Crippen LogP contribution < -0.4 is 4.90 Å². The molecule has 2 heterocycles. The summed E-state index contributed by atoms with van der Waals surface area (Å²) in [6.07, 6.45) is -5.25. The smallest absolute Gasteiger partial charge is 0.416 e. The van der Waals surface area contributed by atoms with Crippen LogP contribution in [0, 0.1) is 0 Å². The van der Waals surface area contributed by atoms with Gasteiger partial charge in [-0.25, -0.2) is 9.78 Å². The molecule has 1 saturated heterocycles. The number of carboxylic acids is 1. The number of carboxylic acid groups (broad SMARTS) is 1. The van der Waals surface area contributed by atoms with Gasteiger partial charge in [0.05, 0.1) is 11.7 Å². The number of carbonyl (C=O) groups is 1. The Hall–Kier alpha value is -2.61. The molecule has 1 aliphatic rings. The van der Waals surface area contributed by atoms with Crippen molar-refractivity contribution in [2.75, 3.05) is 18.0 Å². The van der Waals surface area contributed by atoms with Crippen molar-refractivity contribution < 1.29 is 27.8 Å². The summed E-state index contributed by atoms with van der Waals surface area (Å²) in [5, 5.41) is 9.08. The van der Waals surface area contributed by atoms with E-state index in [1.165, 1.54) is 12.1 Å². The molecule has 5 nitrogen and oxygen atoms in total. The lowest BCUT2D eigenvalue weighted by molar-refractivity contribution is -0.137. The van der Waals surface area contributed by atoms with Crippen LogP contribution in [0.1, 0.15) is 34.6 Å². The molecule has 1 aliphatic heterocycles. The van der Waals surface area contributed by atoms with Crippen molar-refractivity contribution in [3.63, 3.8) is 0 Å². The molecule has 26 heavy (non-hydrogen) atoms. The summed E-state index contributed by atoms with van der Waals surface area (Å²) >= 11 is 0. The second-order valence-electron chi connectivity index (χ2n) is 6.15. The van der Waals surface area contributed by atoms with Crippen molar-refractivity contribution in [3.8, 4) is 0 Å². The molecule has 0 aliphatic carbocycles. The molecule has 2 unspecified atom stereocenters. The Morgan fingerprint density at radius 3 is 2.65 bits per heavy atom. The first-order chi connectivity index (χ1) is 12.2. The molecule has 0 spiro atoms. The number of hydrogen-bond acceptors (Lipinski definition) is 4. The van der Waals surface area contributed by atoms with E-state index in [-0.39, 0.29) is 18.3 Å². The molecule has 0 bridgehead atoms. The molecule has 8 heteroatoms. The number of aromatic nitrogens is 1. The number of pyridine rings is 1. The van der Waals surface area contributed by atoms with Crippen molar-refractivity contribution in [2.45, 2.75) is 25.3 Å². The Labute approximate surface area is 148 Å². The quantitative estimate of drug-likeness (QED) is 0.896. The first-order valence-corrected chi connectivity index (χ1v) is 8.02. The van der Waals surface area contributed by atoms with Crippen LogP contribution in [0.3, 0.4) is 0 Å². The number of anilines is 1. The van der Waals surface area contributed by atoms with E-state index in [1.54, 1.807) is 18.2 Å². The summed E-state index contributed by atoms with van der Waals surface area (Å²) < 4.78 is 44.7. The lowest BCUT2D eigenvalue weighted by atomic mass is 10.0. The molecule has 0 amide bonds. The Kier molecular flexibility index (Phi) is 4.86. The SMILES string of the molecule is CC1CN(c2cccc(C(=O)O)n2)CC(c2cccc(C(F)(F)F)c2)O1. The molecule has 3 rings (SSSR count). The Bertz CT molecular complexity index is 810. The average Bonchev–Trinajstić information content (AvgIpc) is 2.60. The van der Waals surface area contributed by atoms with Crippen molar-refractivity contribution in [3.05, 3.63) is 59.3 Å². The molecule has 1 fully saturated rings. The van der Waals surface area contributed by atoms with Gasteiger partial charge in [0.15, 0.2) is 5.69 Å².